The standard InChI is InChI=1S/C20H27N3O5S/c1-14-11-15(2)13-22(12-14)29(27,28)17-5-3-16(4-6-17)21-18(24)9-10-23-19(25)7-8-20(23)26/h3-6,14-15H,7-13H2,1-2H3,(H,21,24)/t14-,15+. The summed E-state index contributed by atoms with van der Waals surface area (Å²) in [5.74, 6) is -0.202. The molecule has 0 bridgehead atoms. The number of hydrogen-bond donors (Lipinski definition) is 1. The fourth-order valence-electron chi connectivity index (χ4n) is 3.97. The lowest BCUT2D eigenvalue weighted by molar-refractivity contribution is -0.138. The van der Waals surface area contributed by atoms with Gasteiger partial charge in [0.25, 0.3) is 0 Å². The number of nitrogens with zero attached hydrogens (tertiary/aromatic N) is 2. The van der Waals surface area contributed by atoms with Gasteiger partial charge in [-0.1, -0.05) is 13.8 Å². The van der Waals surface area contributed by atoms with Gasteiger partial charge < -0.3 is 5.32 Å². The van der Waals surface area contributed by atoms with Crippen molar-refractivity contribution < 1.29 is 22.8 Å². The first-order chi connectivity index (χ1) is 13.7. The minimum absolute atomic E-state index is 0.00108. The van der Waals surface area contributed by atoms with Crippen molar-refractivity contribution in [2.24, 2.45) is 11.8 Å². The second-order valence-electron chi connectivity index (χ2n) is 8.03. The summed E-state index contributed by atoms with van der Waals surface area (Å²) in [6, 6.07) is 6.08. The van der Waals surface area contributed by atoms with Gasteiger partial charge in [0, 0.05) is 44.6 Å². The van der Waals surface area contributed by atoms with Crippen LogP contribution in [0.5, 0.6) is 0 Å². The largest absolute Gasteiger partial charge is 0.326 e. The monoisotopic (exact) mass is 421 g/mol. The fraction of sp³-hybridized carbons (Fsp3) is 0.550. The highest BCUT2D eigenvalue weighted by Crippen LogP contribution is 2.27. The lowest BCUT2D eigenvalue weighted by Crippen LogP contribution is -2.42. The molecule has 0 radical (unpaired) electrons. The number of rotatable bonds is 6. The van der Waals surface area contributed by atoms with Crippen LogP contribution in [0.25, 0.3) is 0 Å². The SMILES string of the molecule is C[C@@H]1C[C@H](C)CN(S(=O)(=O)c2ccc(NC(=O)CCN3C(=O)CCC3=O)cc2)C1. The summed E-state index contributed by atoms with van der Waals surface area (Å²) in [6.45, 7) is 5.19. The van der Waals surface area contributed by atoms with Crippen LogP contribution in [0.1, 0.15) is 39.5 Å². The Morgan fingerprint density at radius 3 is 2.14 bits per heavy atom. The van der Waals surface area contributed by atoms with Crippen molar-refractivity contribution in [1.29, 1.82) is 0 Å². The number of benzene rings is 1. The molecule has 1 aromatic rings. The van der Waals surface area contributed by atoms with Gasteiger partial charge in [0.1, 0.15) is 0 Å². The zero-order valence-corrected chi connectivity index (χ0v) is 17.6. The highest BCUT2D eigenvalue weighted by atomic mass is 32.2. The van der Waals surface area contributed by atoms with E-state index in [-0.39, 0.29) is 48.4 Å². The molecule has 0 saturated carbocycles. The van der Waals surface area contributed by atoms with Crippen LogP contribution in [0.15, 0.2) is 29.2 Å². The molecule has 2 aliphatic rings. The number of imide groups is 1. The number of anilines is 1. The summed E-state index contributed by atoms with van der Waals surface area (Å²) in [7, 11) is -3.57. The molecule has 2 fully saturated rings. The first kappa shape index (κ1) is 21.4. The zero-order valence-electron chi connectivity index (χ0n) is 16.8. The van der Waals surface area contributed by atoms with Crippen LogP contribution in [-0.2, 0) is 24.4 Å². The minimum Gasteiger partial charge on any atom is -0.326 e. The average molecular weight is 422 g/mol. The number of carbonyl (C=O) groups excluding carboxylic acids is 3. The predicted molar refractivity (Wildman–Crippen MR) is 107 cm³/mol. The summed E-state index contributed by atoms with van der Waals surface area (Å²) in [5.41, 5.74) is 0.466. The van der Waals surface area contributed by atoms with Crippen LogP contribution in [0.2, 0.25) is 0 Å². The van der Waals surface area contributed by atoms with E-state index in [9.17, 15) is 22.8 Å². The molecule has 0 aliphatic carbocycles. The molecular formula is C20H27N3O5S. The van der Waals surface area contributed by atoms with Gasteiger partial charge in [0.15, 0.2) is 0 Å². The molecule has 29 heavy (non-hydrogen) atoms. The summed E-state index contributed by atoms with van der Waals surface area (Å²) in [4.78, 5) is 36.5. The maximum atomic E-state index is 12.9. The van der Waals surface area contributed by atoms with Gasteiger partial charge in [-0.05, 0) is 42.5 Å². The highest BCUT2D eigenvalue weighted by molar-refractivity contribution is 7.89. The maximum absolute atomic E-state index is 12.9. The van der Waals surface area contributed by atoms with Crippen LogP contribution in [-0.4, -0.2) is 55.0 Å². The van der Waals surface area contributed by atoms with Crippen molar-refractivity contribution in [3.8, 4) is 0 Å². The number of hydrogen-bond acceptors (Lipinski definition) is 5. The minimum atomic E-state index is -3.57. The quantitative estimate of drug-likeness (QED) is 0.706. The van der Waals surface area contributed by atoms with Crippen LogP contribution in [0.4, 0.5) is 5.69 Å². The van der Waals surface area contributed by atoms with Crippen molar-refractivity contribution >= 4 is 33.4 Å². The molecule has 0 spiro atoms. The molecule has 0 unspecified atom stereocenters. The Bertz CT molecular complexity index is 871. The Balaban J connectivity index is 1.59. The topological polar surface area (TPSA) is 104 Å². The molecule has 0 aromatic heterocycles. The first-order valence-electron chi connectivity index (χ1n) is 9.90. The Morgan fingerprint density at radius 1 is 1.03 bits per heavy atom. The molecule has 9 heteroatoms. The second-order valence-corrected chi connectivity index (χ2v) is 9.97. The van der Waals surface area contributed by atoms with Crippen molar-refractivity contribution in [3.05, 3.63) is 24.3 Å². The van der Waals surface area contributed by atoms with E-state index in [0.29, 0.717) is 30.6 Å². The lowest BCUT2D eigenvalue weighted by Gasteiger charge is -2.34. The molecule has 3 amide bonds. The van der Waals surface area contributed by atoms with Gasteiger partial charge in [0.2, 0.25) is 27.7 Å². The van der Waals surface area contributed by atoms with Crippen molar-refractivity contribution in [3.63, 3.8) is 0 Å². The van der Waals surface area contributed by atoms with Crippen LogP contribution in [0, 0.1) is 11.8 Å². The fourth-order valence-corrected chi connectivity index (χ4v) is 5.65. The summed E-state index contributed by atoms with van der Waals surface area (Å²) >= 11 is 0. The Hall–Kier alpha value is -2.26. The molecule has 158 valence electrons. The van der Waals surface area contributed by atoms with Crippen LogP contribution < -0.4 is 5.32 Å². The zero-order chi connectivity index (χ0) is 21.2. The van der Waals surface area contributed by atoms with Crippen LogP contribution >= 0.6 is 0 Å². The molecule has 1 N–H and O–H groups in total. The van der Waals surface area contributed by atoms with E-state index in [1.807, 2.05) is 0 Å². The van der Waals surface area contributed by atoms with E-state index in [1.54, 1.807) is 12.1 Å². The summed E-state index contributed by atoms with van der Waals surface area (Å²) < 4.78 is 27.3. The predicted octanol–water partition coefficient (Wildman–Crippen LogP) is 1.83. The smallest absolute Gasteiger partial charge is 0.243 e. The summed E-state index contributed by atoms with van der Waals surface area (Å²) in [6.07, 6.45) is 1.42. The molecule has 2 atom stereocenters. The number of piperidine rings is 1. The molecule has 2 aliphatic heterocycles. The van der Waals surface area contributed by atoms with E-state index >= 15 is 0 Å². The number of carbonyl (C=O) groups is 3. The van der Waals surface area contributed by atoms with Crippen LogP contribution in [0.3, 0.4) is 0 Å². The van der Waals surface area contributed by atoms with E-state index in [0.717, 1.165) is 11.3 Å². The molecule has 3 rings (SSSR count). The number of sulfonamides is 1. The van der Waals surface area contributed by atoms with Gasteiger partial charge in [0.05, 0.1) is 4.90 Å². The number of amides is 3. The molecule has 1 aromatic carbocycles. The maximum Gasteiger partial charge on any atom is 0.243 e. The van der Waals surface area contributed by atoms with Gasteiger partial charge >= 0.3 is 0 Å². The molecular weight excluding hydrogens is 394 g/mol. The highest BCUT2D eigenvalue weighted by Gasteiger charge is 2.32. The number of likely N-dealkylation sites (tertiary alicyclic amines) is 1. The Morgan fingerprint density at radius 2 is 1.59 bits per heavy atom. The van der Waals surface area contributed by atoms with Gasteiger partial charge in [-0.2, -0.15) is 4.31 Å². The number of nitrogens with one attached hydrogen (secondary N) is 1. The van der Waals surface area contributed by atoms with Gasteiger partial charge in [-0.15, -0.1) is 0 Å². The summed E-state index contributed by atoms with van der Waals surface area (Å²) in [5, 5.41) is 2.67. The van der Waals surface area contributed by atoms with Crippen molar-refractivity contribution in [1.82, 2.24) is 9.21 Å². The second kappa shape index (κ2) is 8.62. The first-order valence-corrected chi connectivity index (χ1v) is 11.3. The Kier molecular flexibility index (Phi) is 6.38. The van der Waals surface area contributed by atoms with E-state index in [1.165, 1.54) is 16.4 Å². The van der Waals surface area contributed by atoms with Crippen molar-refractivity contribution in [2.45, 2.75) is 44.4 Å². The van der Waals surface area contributed by atoms with E-state index < -0.39 is 10.0 Å². The van der Waals surface area contributed by atoms with Crippen molar-refractivity contribution in [2.75, 3.05) is 25.0 Å². The van der Waals surface area contributed by atoms with Gasteiger partial charge in [-0.25, -0.2) is 8.42 Å². The van der Waals surface area contributed by atoms with Gasteiger partial charge in [-0.3, -0.25) is 19.3 Å². The third-order valence-electron chi connectivity index (χ3n) is 5.33. The Labute approximate surface area is 171 Å². The third kappa shape index (κ3) is 5.02. The molecule has 8 nitrogen and oxygen atoms in total. The third-order valence-corrected chi connectivity index (χ3v) is 7.17. The van der Waals surface area contributed by atoms with E-state index in [4.69, 9.17) is 0 Å². The normalized spacial score (nSPS) is 23.4. The molecule has 2 heterocycles. The molecule has 2 saturated heterocycles. The van der Waals surface area contributed by atoms with E-state index in [2.05, 4.69) is 19.2 Å². The lowest BCUT2D eigenvalue weighted by atomic mass is 9.94. The average Bonchev–Trinajstić information content (AvgIpc) is 2.97.